The summed E-state index contributed by atoms with van der Waals surface area (Å²) in [6, 6.07) is 4.67. The highest BCUT2D eigenvalue weighted by Crippen LogP contribution is 2.39. The molecule has 3 rings (SSSR count). The third kappa shape index (κ3) is 4.07. The quantitative estimate of drug-likeness (QED) is 0.714. The van der Waals surface area contributed by atoms with Gasteiger partial charge in [0.15, 0.2) is 0 Å². The van der Waals surface area contributed by atoms with E-state index >= 15 is 0 Å². The number of amides is 5. The normalized spacial score (nSPS) is 18.3. The number of urea groups is 1. The number of halogens is 1. The highest BCUT2D eigenvalue weighted by atomic mass is 35.5. The first-order chi connectivity index (χ1) is 13.8. The van der Waals surface area contributed by atoms with E-state index in [9.17, 15) is 19.2 Å². The highest BCUT2D eigenvalue weighted by molar-refractivity contribution is 6.31. The number of rotatable bonds is 5. The number of benzene rings is 1. The third-order valence-corrected chi connectivity index (χ3v) is 6.18. The van der Waals surface area contributed by atoms with Gasteiger partial charge in [-0.25, -0.2) is 4.79 Å². The molecule has 5 amide bonds. The maximum atomic E-state index is 12.9. The lowest BCUT2D eigenvalue weighted by atomic mass is 9.81. The van der Waals surface area contributed by atoms with Crippen molar-refractivity contribution in [1.82, 2.24) is 15.1 Å². The summed E-state index contributed by atoms with van der Waals surface area (Å²) in [5.74, 6) is -1.31. The van der Waals surface area contributed by atoms with Crippen molar-refractivity contribution in [3.63, 3.8) is 0 Å². The van der Waals surface area contributed by atoms with Crippen LogP contribution in [0.1, 0.15) is 37.7 Å². The van der Waals surface area contributed by atoms with Crippen molar-refractivity contribution in [2.24, 2.45) is 0 Å². The fourth-order valence-electron chi connectivity index (χ4n) is 3.99. The van der Waals surface area contributed by atoms with E-state index < -0.39 is 29.9 Å². The second kappa shape index (κ2) is 8.41. The summed E-state index contributed by atoms with van der Waals surface area (Å²) in [4.78, 5) is 52.3. The topological polar surface area (TPSA) is 98.8 Å². The molecule has 1 aromatic carbocycles. The molecule has 156 valence electrons. The molecule has 1 spiro atoms. The van der Waals surface area contributed by atoms with E-state index in [-0.39, 0.29) is 12.5 Å². The molecule has 1 saturated carbocycles. The van der Waals surface area contributed by atoms with Crippen LogP contribution in [0.3, 0.4) is 0 Å². The summed E-state index contributed by atoms with van der Waals surface area (Å²) in [5.41, 5.74) is 0.460. The van der Waals surface area contributed by atoms with Gasteiger partial charge in [0.1, 0.15) is 12.1 Å². The van der Waals surface area contributed by atoms with Gasteiger partial charge in [0.25, 0.3) is 5.91 Å². The number of hydrogen-bond acceptors (Lipinski definition) is 4. The first-order valence-electron chi connectivity index (χ1n) is 9.68. The molecule has 9 heteroatoms. The number of carbonyl (C=O) groups excluding carboxylic acids is 4. The Bertz CT molecular complexity index is 851. The van der Waals surface area contributed by atoms with Crippen LogP contribution in [0.2, 0.25) is 5.02 Å². The Kier molecular flexibility index (Phi) is 6.12. The third-order valence-electron chi connectivity index (χ3n) is 5.77. The molecule has 1 aromatic rings. The molecule has 1 aliphatic carbocycles. The molecule has 1 aliphatic heterocycles. The van der Waals surface area contributed by atoms with Crippen molar-refractivity contribution in [2.45, 2.75) is 44.6 Å². The van der Waals surface area contributed by atoms with E-state index in [0.29, 0.717) is 23.6 Å². The summed E-state index contributed by atoms with van der Waals surface area (Å²) in [5, 5.41) is 5.67. The number of nitrogens with zero attached hydrogens (tertiary/aromatic N) is 2. The summed E-state index contributed by atoms with van der Waals surface area (Å²) in [6.45, 7) is 1.11. The van der Waals surface area contributed by atoms with Gasteiger partial charge in [0.05, 0.1) is 6.54 Å². The van der Waals surface area contributed by atoms with Crippen molar-refractivity contribution >= 4 is 41.0 Å². The SMILES string of the molecule is Cc1c(Cl)cccc1NC(=O)CNC(=O)CN1C(=O)N(C)C2(CCCCC2)C1=O. The van der Waals surface area contributed by atoms with E-state index in [0.717, 1.165) is 29.7 Å². The van der Waals surface area contributed by atoms with Crippen LogP contribution in [0.15, 0.2) is 18.2 Å². The van der Waals surface area contributed by atoms with E-state index in [1.807, 2.05) is 0 Å². The molecule has 8 nitrogen and oxygen atoms in total. The molecule has 0 bridgehead atoms. The zero-order chi connectivity index (χ0) is 21.2. The van der Waals surface area contributed by atoms with Gasteiger partial charge in [0, 0.05) is 17.8 Å². The standard InChI is InChI=1S/C20H25ClN4O4/c1-13-14(21)7-6-8-15(13)23-16(26)11-22-17(27)12-25-18(28)20(24(2)19(25)29)9-4-3-5-10-20/h6-8H,3-5,9-12H2,1-2H3,(H,22,27)(H,23,26). The Labute approximate surface area is 174 Å². The predicted molar refractivity (Wildman–Crippen MR) is 109 cm³/mol. The molecule has 1 saturated heterocycles. The van der Waals surface area contributed by atoms with Crippen LogP contribution in [0.4, 0.5) is 10.5 Å². The number of anilines is 1. The number of hydrogen-bond donors (Lipinski definition) is 2. The first kappa shape index (κ1) is 21.1. The number of carbonyl (C=O) groups is 4. The monoisotopic (exact) mass is 420 g/mol. The van der Waals surface area contributed by atoms with Crippen molar-refractivity contribution < 1.29 is 19.2 Å². The summed E-state index contributed by atoms with van der Waals surface area (Å²) in [7, 11) is 1.62. The van der Waals surface area contributed by atoms with Gasteiger partial charge in [0.2, 0.25) is 11.8 Å². The summed E-state index contributed by atoms with van der Waals surface area (Å²) < 4.78 is 0. The lowest BCUT2D eigenvalue weighted by Gasteiger charge is -2.35. The van der Waals surface area contributed by atoms with E-state index in [1.54, 1.807) is 32.2 Å². The minimum atomic E-state index is -0.822. The molecular formula is C20H25ClN4O4. The van der Waals surface area contributed by atoms with Crippen molar-refractivity contribution in [2.75, 3.05) is 25.5 Å². The minimum absolute atomic E-state index is 0.276. The molecule has 29 heavy (non-hydrogen) atoms. The summed E-state index contributed by atoms with van der Waals surface area (Å²) in [6.07, 6.45) is 4.04. The Morgan fingerprint density at radius 2 is 1.83 bits per heavy atom. The molecule has 2 aliphatic rings. The van der Waals surface area contributed by atoms with Crippen LogP contribution in [-0.2, 0) is 14.4 Å². The molecule has 2 N–H and O–H groups in total. The number of imide groups is 1. The molecular weight excluding hydrogens is 396 g/mol. The predicted octanol–water partition coefficient (Wildman–Crippen LogP) is 2.30. The Hall–Kier alpha value is -2.61. The van der Waals surface area contributed by atoms with Crippen LogP contribution >= 0.6 is 11.6 Å². The molecule has 0 aromatic heterocycles. The van der Waals surface area contributed by atoms with Crippen molar-refractivity contribution in [3.05, 3.63) is 28.8 Å². The Morgan fingerprint density at radius 1 is 1.14 bits per heavy atom. The fraction of sp³-hybridized carbons (Fsp3) is 0.500. The lowest BCUT2D eigenvalue weighted by Crippen LogP contribution is -2.49. The average molecular weight is 421 g/mol. The summed E-state index contributed by atoms with van der Waals surface area (Å²) >= 11 is 6.03. The molecule has 0 radical (unpaired) electrons. The maximum absolute atomic E-state index is 12.9. The second-order valence-corrected chi connectivity index (χ2v) is 7.97. The van der Waals surface area contributed by atoms with Crippen molar-refractivity contribution in [3.8, 4) is 0 Å². The lowest BCUT2D eigenvalue weighted by molar-refractivity contribution is -0.137. The minimum Gasteiger partial charge on any atom is -0.345 e. The van der Waals surface area contributed by atoms with Crippen LogP contribution < -0.4 is 10.6 Å². The zero-order valence-electron chi connectivity index (χ0n) is 16.6. The van der Waals surface area contributed by atoms with E-state index in [4.69, 9.17) is 11.6 Å². The fourth-order valence-corrected chi connectivity index (χ4v) is 4.16. The van der Waals surface area contributed by atoms with Gasteiger partial charge in [-0.05, 0) is 37.5 Å². The van der Waals surface area contributed by atoms with Gasteiger partial charge in [-0.1, -0.05) is 36.9 Å². The van der Waals surface area contributed by atoms with Gasteiger partial charge in [-0.3, -0.25) is 19.3 Å². The molecule has 0 atom stereocenters. The van der Waals surface area contributed by atoms with Gasteiger partial charge < -0.3 is 15.5 Å². The van der Waals surface area contributed by atoms with Crippen LogP contribution in [0, 0.1) is 6.92 Å². The van der Waals surface area contributed by atoms with Gasteiger partial charge in [-0.15, -0.1) is 0 Å². The molecule has 0 unspecified atom stereocenters. The zero-order valence-corrected chi connectivity index (χ0v) is 17.3. The van der Waals surface area contributed by atoms with E-state index in [2.05, 4.69) is 10.6 Å². The Balaban J connectivity index is 1.55. The average Bonchev–Trinajstić information content (AvgIpc) is 2.87. The van der Waals surface area contributed by atoms with Crippen LogP contribution in [0.5, 0.6) is 0 Å². The number of nitrogens with one attached hydrogen (secondary N) is 2. The van der Waals surface area contributed by atoms with Gasteiger partial charge in [-0.2, -0.15) is 0 Å². The number of likely N-dealkylation sites (N-methyl/N-ethyl adjacent to an activating group) is 1. The van der Waals surface area contributed by atoms with Crippen LogP contribution in [-0.4, -0.2) is 59.2 Å². The second-order valence-electron chi connectivity index (χ2n) is 7.56. The maximum Gasteiger partial charge on any atom is 0.327 e. The highest BCUT2D eigenvalue weighted by Gasteiger charge is 2.55. The Morgan fingerprint density at radius 3 is 2.52 bits per heavy atom. The van der Waals surface area contributed by atoms with Crippen molar-refractivity contribution in [1.29, 1.82) is 0 Å². The van der Waals surface area contributed by atoms with Gasteiger partial charge >= 0.3 is 6.03 Å². The van der Waals surface area contributed by atoms with Crippen LogP contribution in [0.25, 0.3) is 0 Å². The largest absolute Gasteiger partial charge is 0.345 e. The first-order valence-corrected chi connectivity index (χ1v) is 10.1. The molecule has 2 fully saturated rings. The van der Waals surface area contributed by atoms with E-state index in [1.165, 1.54) is 4.90 Å². The smallest absolute Gasteiger partial charge is 0.327 e. The molecule has 1 heterocycles.